The Morgan fingerprint density at radius 2 is 2.10 bits per heavy atom. The highest BCUT2D eigenvalue weighted by atomic mass is 16.5. The summed E-state index contributed by atoms with van der Waals surface area (Å²) in [6.07, 6.45) is 0.688. The Morgan fingerprint density at radius 1 is 1.60 bits per heavy atom. The summed E-state index contributed by atoms with van der Waals surface area (Å²) in [6.45, 7) is 5.98. The van der Waals surface area contributed by atoms with Crippen molar-refractivity contribution < 1.29 is 9.84 Å². The van der Waals surface area contributed by atoms with Crippen molar-refractivity contribution in [2.45, 2.75) is 39.0 Å². The van der Waals surface area contributed by atoms with Gasteiger partial charge >= 0.3 is 0 Å². The first kappa shape index (κ1) is 9.88. The van der Waals surface area contributed by atoms with E-state index in [1.54, 1.807) is 6.92 Å². The van der Waals surface area contributed by atoms with Gasteiger partial charge in [-0.15, -0.1) is 0 Å². The minimum atomic E-state index is -1.09. The van der Waals surface area contributed by atoms with Gasteiger partial charge in [0.15, 0.2) is 0 Å². The van der Waals surface area contributed by atoms with Crippen molar-refractivity contribution in [2.24, 2.45) is 5.73 Å². The summed E-state index contributed by atoms with van der Waals surface area (Å²) in [5.41, 5.74) is 4.21. The minimum Gasteiger partial charge on any atom is -0.379 e. The Labute approximate surface area is 62.2 Å². The molecule has 1 atom stereocenters. The Morgan fingerprint density at radius 3 is 2.40 bits per heavy atom. The summed E-state index contributed by atoms with van der Waals surface area (Å²) in [6, 6.07) is 0. The van der Waals surface area contributed by atoms with Crippen molar-refractivity contribution in [1.82, 2.24) is 0 Å². The van der Waals surface area contributed by atoms with Gasteiger partial charge in [-0.3, -0.25) is 0 Å². The van der Waals surface area contributed by atoms with Crippen molar-refractivity contribution >= 4 is 0 Å². The molecule has 0 saturated carbocycles. The van der Waals surface area contributed by atoms with Crippen LogP contribution in [0.15, 0.2) is 0 Å². The zero-order valence-corrected chi connectivity index (χ0v) is 6.92. The van der Waals surface area contributed by atoms with E-state index in [0.29, 0.717) is 13.0 Å². The molecule has 0 aromatic heterocycles. The fourth-order valence-corrected chi connectivity index (χ4v) is 0.501. The van der Waals surface area contributed by atoms with Gasteiger partial charge in [0.25, 0.3) is 0 Å². The Hall–Kier alpha value is -0.120. The van der Waals surface area contributed by atoms with Gasteiger partial charge in [0.1, 0.15) is 5.72 Å². The normalized spacial score (nSPS) is 17.4. The van der Waals surface area contributed by atoms with Gasteiger partial charge in [0.2, 0.25) is 0 Å². The number of nitrogens with two attached hydrogens (primary N) is 1. The van der Waals surface area contributed by atoms with Gasteiger partial charge < -0.3 is 15.6 Å². The second-order valence-electron chi connectivity index (χ2n) is 3.03. The van der Waals surface area contributed by atoms with E-state index in [9.17, 15) is 0 Å². The monoisotopic (exact) mass is 147 g/mol. The van der Waals surface area contributed by atoms with Crippen LogP contribution in [0.25, 0.3) is 0 Å². The third kappa shape index (κ3) is 7.88. The third-order valence-electron chi connectivity index (χ3n) is 1.06. The molecule has 10 heavy (non-hydrogen) atoms. The lowest BCUT2D eigenvalue weighted by atomic mass is 10.2. The van der Waals surface area contributed by atoms with Gasteiger partial charge in [-0.2, -0.15) is 0 Å². The Bertz CT molecular complexity index is 86.1. The van der Waals surface area contributed by atoms with Crippen LogP contribution < -0.4 is 5.73 Å². The summed E-state index contributed by atoms with van der Waals surface area (Å²) in [4.78, 5) is 0. The summed E-state index contributed by atoms with van der Waals surface area (Å²) in [5.74, 6) is 0. The van der Waals surface area contributed by atoms with Crippen molar-refractivity contribution in [3.63, 3.8) is 0 Å². The molecule has 62 valence electrons. The van der Waals surface area contributed by atoms with Crippen LogP contribution in [0, 0.1) is 0 Å². The molecule has 0 aliphatic rings. The fraction of sp³-hybridized carbons (Fsp3) is 1.00. The van der Waals surface area contributed by atoms with E-state index in [4.69, 9.17) is 15.6 Å². The van der Waals surface area contributed by atoms with Crippen LogP contribution in [-0.4, -0.2) is 23.5 Å². The first-order valence-corrected chi connectivity index (χ1v) is 3.54. The van der Waals surface area contributed by atoms with E-state index >= 15 is 0 Å². The Kier molecular flexibility index (Phi) is 3.86. The van der Waals surface area contributed by atoms with Gasteiger partial charge in [-0.05, 0) is 20.8 Å². The van der Waals surface area contributed by atoms with E-state index < -0.39 is 5.72 Å². The minimum absolute atomic E-state index is 0.211. The SMILES string of the molecule is CC(C)OCCC(C)(N)O. The van der Waals surface area contributed by atoms with Crippen molar-refractivity contribution in [3.8, 4) is 0 Å². The van der Waals surface area contributed by atoms with Crippen molar-refractivity contribution in [3.05, 3.63) is 0 Å². The highest BCUT2D eigenvalue weighted by Crippen LogP contribution is 2.00. The van der Waals surface area contributed by atoms with E-state index in [1.807, 2.05) is 13.8 Å². The molecule has 0 radical (unpaired) electrons. The molecule has 1 unspecified atom stereocenters. The van der Waals surface area contributed by atoms with Crippen molar-refractivity contribution in [1.29, 1.82) is 0 Å². The molecule has 3 nitrogen and oxygen atoms in total. The number of hydrogen-bond acceptors (Lipinski definition) is 3. The lowest BCUT2D eigenvalue weighted by Crippen LogP contribution is -2.36. The van der Waals surface area contributed by atoms with Gasteiger partial charge in [-0.25, -0.2) is 0 Å². The van der Waals surface area contributed by atoms with Crippen LogP contribution in [0.4, 0.5) is 0 Å². The average molecular weight is 147 g/mol. The second kappa shape index (κ2) is 3.91. The summed E-state index contributed by atoms with van der Waals surface area (Å²) in [5, 5.41) is 9.03. The summed E-state index contributed by atoms with van der Waals surface area (Å²) in [7, 11) is 0. The van der Waals surface area contributed by atoms with E-state index in [1.165, 1.54) is 0 Å². The first-order chi connectivity index (χ1) is 4.42. The smallest absolute Gasteiger partial charge is 0.112 e. The van der Waals surface area contributed by atoms with Crippen molar-refractivity contribution in [2.75, 3.05) is 6.61 Å². The predicted molar refractivity (Wildman–Crippen MR) is 40.5 cm³/mol. The lowest BCUT2D eigenvalue weighted by Gasteiger charge is -2.17. The van der Waals surface area contributed by atoms with Crippen LogP contribution in [0.3, 0.4) is 0 Å². The second-order valence-corrected chi connectivity index (χ2v) is 3.03. The standard InChI is InChI=1S/C7H17NO2/c1-6(2)10-5-4-7(3,8)9/h6,9H,4-5,8H2,1-3H3. The highest BCUT2D eigenvalue weighted by molar-refractivity contribution is 4.61. The fourth-order valence-electron chi connectivity index (χ4n) is 0.501. The van der Waals surface area contributed by atoms with Crippen LogP contribution >= 0.6 is 0 Å². The average Bonchev–Trinajstić information content (AvgIpc) is 1.59. The van der Waals surface area contributed by atoms with Crippen LogP contribution in [0.5, 0.6) is 0 Å². The highest BCUT2D eigenvalue weighted by Gasteiger charge is 2.12. The van der Waals surface area contributed by atoms with E-state index in [0.717, 1.165) is 0 Å². The summed E-state index contributed by atoms with van der Waals surface area (Å²) < 4.78 is 5.18. The topological polar surface area (TPSA) is 55.5 Å². The molecule has 0 saturated heterocycles. The molecule has 0 aliphatic heterocycles. The van der Waals surface area contributed by atoms with Gasteiger partial charge in [-0.1, -0.05) is 0 Å². The van der Waals surface area contributed by atoms with Crippen LogP contribution in [0.2, 0.25) is 0 Å². The molecular formula is C7H17NO2. The molecule has 3 N–H and O–H groups in total. The van der Waals surface area contributed by atoms with Gasteiger partial charge in [0.05, 0.1) is 12.7 Å². The van der Waals surface area contributed by atoms with Gasteiger partial charge in [0, 0.05) is 6.42 Å². The number of rotatable bonds is 4. The molecule has 0 amide bonds. The zero-order chi connectivity index (χ0) is 8.20. The molecule has 0 aromatic rings. The third-order valence-corrected chi connectivity index (χ3v) is 1.06. The first-order valence-electron chi connectivity index (χ1n) is 3.54. The van der Waals surface area contributed by atoms with Crippen LogP contribution in [0.1, 0.15) is 27.2 Å². The predicted octanol–water partition coefficient (Wildman–Crippen LogP) is 0.469. The molecule has 3 heteroatoms. The zero-order valence-electron chi connectivity index (χ0n) is 6.92. The molecule has 0 heterocycles. The number of aliphatic hydroxyl groups is 1. The molecule has 0 spiro atoms. The summed E-state index contributed by atoms with van der Waals surface area (Å²) >= 11 is 0. The Balaban J connectivity index is 3.21. The largest absolute Gasteiger partial charge is 0.379 e. The van der Waals surface area contributed by atoms with Crippen LogP contribution in [-0.2, 0) is 4.74 Å². The number of ether oxygens (including phenoxy) is 1. The molecule has 0 bridgehead atoms. The van der Waals surface area contributed by atoms with E-state index in [2.05, 4.69) is 0 Å². The molecule has 0 aliphatic carbocycles. The maximum atomic E-state index is 9.03. The molecule has 0 rings (SSSR count). The molecule has 0 fully saturated rings. The molecular weight excluding hydrogens is 130 g/mol. The quantitative estimate of drug-likeness (QED) is 0.568. The van der Waals surface area contributed by atoms with E-state index in [-0.39, 0.29) is 6.10 Å². The maximum Gasteiger partial charge on any atom is 0.112 e. The maximum absolute atomic E-state index is 9.03. The molecule has 0 aromatic carbocycles. The number of hydrogen-bond donors (Lipinski definition) is 2. The lowest BCUT2D eigenvalue weighted by molar-refractivity contribution is 0.00261.